The second kappa shape index (κ2) is 6.85. The van der Waals surface area contributed by atoms with Gasteiger partial charge in [-0.1, -0.05) is 42.5 Å². The summed E-state index contributed by atoms with van der Waals surface area (Å²) in [7, 11) is 0. The molecule has 27 heavy (non-hydrogen) atoms. The lowest BCUT2D eigenvalue weighted by atomic mass is 10.1. The molecule has 0 saturated carbocycles. The predicted octanol–water partition coefficient (Wildman–Crippen LogP) is 2.61. The summed E-state index contributed by atoms with van der Waals surface area (Å²) in [5, 5.41) is 3.14. The van der Waals surface area contributed by atoms with Crippen molar-refractivity contribution in [2.45, 2.75) is 19.5 Å². The number of H-pyrrole nitrogens is 1. The number of nitrogens with zero attached hydrogens (tertiary/aromatic N) is 2. The Balaban J connectivity index is 1.77. The van der Waals surface area contributed by atoms with Crippen molar-refractivity contribution in [3.8, 4) is 5.69 Å². The van der Waals surface area contributed by atoms with E-state index in [0.717, 1.165) is 5.56 Å². The van der Waals surface area contributed by atoms with Crippen LogP contribution in [0.15, 0.2) is 64.2 Å². The van der Waals surface area contributed by atoms with Crippen molar-refractivity contribution in [3.63, 3.8) is 0 Å². The molecular formula is C20H19FN4O2. The number of anilines is 1. The van der Waals surface area contributed by atoms with Gasteiger partial charge in [0.05, 0.1) is 17.9 Å². The molecule has 0 fully saturated rings. The van der Waals surface area contributed by atoms with Gasteiger partial charge in [-0.25, -0.2) is 13.8 Å². The van der Waals surface area contributed by atoms with Crippen molar-refractivity contribution < 1.29 is 4.39 Å². The highest BCUT2D eigenvalue weighted by atomic mass is 19.1. The van der Waals surface area contributed by atoms with Gasteiger partial charge in [0.1, 0.15) is 11.6 Å². The third-order valence-electron chi connectivity index (χ3n) is 4.94. The van der Waals surface area contributed by atoms with Crippen LogP contribution in [0.25, 0.3) is 5.69 Å². The largest absolute Gasteiger partial charge is 0.358 e. The van der Waals surface area contributed by atoms with Crippen LogP contribution in [0, 0.1) is 5.82 Å². The van der Waals surface area contributed by atoms with E-state index >= 15 is 0 Å². The van der Waals surface area contributed by atoms with E-state index in [2.05, 4.69) is 22.1 Å². The van der Waals surface area contributed by atoms with Crippen molar-refractivity contribution in [1.82, 2.24) is 14.5 Å². The van der Waals surface area contributed by atoms with Gasteiger partial charge in [0.15, 0.2) is 0 Å². The average Bonchev–Trinajstić information content (AvgIpc) is 2.69. The molecule has 6 nitrogen and oxygen atoms in total. The maximum atomic E-state index is 14.3. The Bertz CT molecular complexity index is 1090. The van der Waals surface area contributed by atoms with Crippen LogP contribution in [0.2, 0.25) is 0 Å². The average molecular weight is 366 g/mol. The molecular weight excluding hydrogens is 347 g/mol. The van der Waals surface area contributed by atoms with Crippen molar-refractivity contribution in [1.29, 1.82) is 0 Å². The van der Waals surface area contributed by atoms with Crippen LogP contribution in [0.5, 0.6) is 0 Å². The molecule has 4 rings (SSSR count). The van der Waals surface area contributed by atoms with Crippen LogP contribution < -0.4 is 16.6 Å². The number of aromatic nitrogens is 2. The van der Waals surface area contributed by atoms with E-state index in [-0.39, 0.29) is 11.7 Å². The lowest BCUT2D eigenvalue weighted by Gasteiger charge is -2.35. The van der Waals surface area contributed by atoms with Crippen LogP contribution in [0.4, 0.5) is 10.2 Å². The van der Waals surface area contributed by atoms with Gasteiger partial charge in [-0.05, 0) is 24.6 Å². The molecule has 3 aromatic rings. The van der Waals surface area contributed by atoms with Crippen molar-refractivity contribution in [2.75, 3.05) is 12.0 Å². The van der Waals surface area contributed by atoms with Gasteiger partial charge in [0, 0.05) is 12.6 Å². The second-order valence-electron chi connectivity index (χ2n) is 6.54. The zero-order chi connectivity index (χ0) is 19.0. The van der Waals surface area contributed by atoms with Gasteiger partial charge in [-0.15, -0.1) is 0 Å². The Morgan fingerprint density at radius 3 is 2.48 bits per heavy atom. The summed E-state index contributed by atoms with van der Waals surface area (Å²) in [5.41, 5.74) is 0.515. The van der Waals surface area contributed by atoms with Gasteiger partial charge in [-0.3, -0.25) is 14.7 Å². The molecule has 2 aromatic carbocycles. The molecule has 0 radical (unpaired) electrons. The van der Waals surface area contributed by atoms with E-state index in [4.69, 9.17) is 0 Å². The van der Waals surface area contributed by atoms with Gasteiger partial charge < -0.3 is 5.32 Å². The lowest BCUT2D eigenvalue weighted by molar-refractivity contribution is 0.207. The molecule has 138 valence electrons. The number of halogens is 1. The maximum Gasteiger partial charge on any atom is 0.334 e. The minimum atomic E-state index is -0.666. The number of fused-ring (bicyclic) bond motifs is 1. The quantitative estimate of drug-likeness (QED) is 0.748. The van der Waals surface area contributed by atoms with E-state index < -0.39 is 17.1 Å². The van der Waals surface area contributed by atoms with Crippen molar-refractivity contribution >= 4 is 5.82 Å². The Morgan fingerprint density at radius 2 is 1.74 bits per heavy atom. The van der Waals surface area contributed by atoms with Crippen LogP contribution >= 0.6 is 0 Å². The minimum absolute atomic E-state index is 0.0695. The van der Waals surface area contributed by atoms with Crippen LogP contribution in [0.3, 0.4) is 0 Å². The molecule has 0 spiro atoms. The Hall–Kier alpha value is -3.19. The van der Waals surface area contributed by atoms with Crippen LogP contribution in [0.1, 0.15) is 24.1 Å². The number of rotatable bonds is 3. The normalized spacial score (nSPS) is 15.0. The minimum Gasteiger partial charge on any atom is -0.358 e. The number of para-hydroxylation sites is 1. The first-order chi connectivity index (χ1) is 13.1. The molecule has 0 unspecified atom stereocenters. The molecule has 1 aliphatic rings. The highest BCUT2D eigenvalue weighted by Crippen LogP contribution is 2.28. The van der Waals surface area contributed by atoms with Crippen molar-refractivity contribution in [3.05, 3.63) is 92.4 Å². The molecule has 1 aliphatic heterocycles. The summed E-state index contributed by atoms with van der Waals surface area (Å²) in [6.07, 6.45) is 0. The Labute approximate surface area is 154 Å². The first-order valence-electron chi connectivity index (χ1n) is 8.72. The molecule has 0 bridgehead atoms. The van der Waals surface area contributed by atoms with E-state index in [0.29, 0.717) is 24.6 Å². The summed E-state index contributed by atoms with van der Waals surface area (Å²) < 4.78 is 15.5. The van der Waals surface area contributed by atoms with Gasteiger partial charge in [0.2, 0.25) is 0 Å². The third-order valence-corrected chi connectivity index (χ3v) is 4.94. The van der Waals surface area contributed by atoms with E-state index in [1.54, 1.807) is 12.1 Å². The predicted molar refractivity (Wildman–Crippen MR) is 102 cm³/mol. The van der Waals surface area contributed by atoms with Crippen molar-refractivity contribution in [2.24, 2.45) is 0 Å². The zero-order valence-electron chi connectivity index (χ0n) is 14.8. The number of benzene rings is 2. The summed E-state index contributed by atoms with van der Waals surface area (Å²) in [6, 6.07) is 16.0. The molecule has 0 saturated heterocycles. The first kappa shape index (κ1) is 17.2. The van der Waals surface area contributed by atoms with E-state index in [1.165, 1.54) is 16.7 Å². The number of hydrogen-bond acceptors (Lipinski definition) is 4. The van der Waals surface area contributed by atoms with Crippen LogP contribution in [-0.2, 0) is 6.54 Å². The highest BCUT2D eigenvalue weighted by molar-refractivity contribution is 5.52. The number of hydrogen-bond donors (Lipinski definition) is 2. The summed E-state index contributed by atoms with van der Waals surface area (Å²) >= 11 is 0. The van der Waals surface area contributed by atoms with E-state index in [1.807, 2.05) is 30.3 Å². The maximum absolute atomic E-state index is 14.3. The molecule has 0 amide bonds. The molecule has 1 aromatic heterocycles. The highest BCUT2D eigenvalue weighted by Gasteiger charge is 2.27. The lowest BCUT2D eigenvalue weighted by Crippen LogP contribution is -2.43. The van der Waals surface area contributed by atoms with E-state index in [9.17, 15) is 14.0 Å². The SMILES string of the molecule is C[C@H](c1ccccc1)N1CNc2c(c(=O)[nH]c(=O)n2-c2ccccc2F)C1. The molecule has 0 aliphatic carbocycles. The zero-order valence-corrected chi connectivity index (χ0v) is 14.8. The molecule has 2 N–H and O–H groups in total. The fraction of sp³-hybridized carbons (Fsp3) is 0.200. The standard InChI is InChI=1S/C20H19FN4O2/c1-13(14-7-3-2-4-8-14)24-11-15-18(22-12-24)25(20(27)23-19(15)26)17-10-6-5-9-16(17)21/h2-10,13,22H,11-12H2,1H3,(H,23,26,27)/t13-/m1/s1. The third kappa shape index (κ3) is 3.06. The fourth-order valence-corrected chi connectivity index (χ4v) is 3.42. The van der Waals surface area contributed by atoms with Gasteiger partial charge >= 0.3 is 5.69 Å². The summed E-state index contributed by atoms with van der Waals surface area (Å²) in [5.74, 6) is -0.193. The molecule has 7 heteroatoms. The monoisotopic (exact) mass is 366 g/mol. The molecule has 1 atom stereocenters. The van der Waals surface area contributed by atoms with Gasteiger partial charge in [0.25, 0.3) is 5.56 Å². The van der Waals surface area contributed by atoms with Gasteiger partial charge in [-0.2, -0.15) is 0 Å². The summed E-state index contributed by atoms with van der Waals surface area (Å²) in [6.45, 7) is 2.84. The number of nitrogens with one attached hydrogen (secondary N) is 2. The Kier molecular flexibility index (Phi) is 4.37. The molecule has 2 heterocycles. The summed E-state index contributed by atoms with van der Waals surface area (Å²) in [4.78, 5) is 29.2. The Morgan fingerprint density at radius 1 is 1.04 bits per heavy atom. The fourth-order valence-electron chi connectivity index (χ4n) is 3.42. The first-order valence-corrected chi connectivity index (χ1v) is 8.72. The number of aromatic amines is 1. The van der Waals surface area contributed by atoms with Crippen LogP contribution in [-0.4, -0.2) is 21.1 Å². The smallest absolute Gasteiger partial charge is 0.334 e. The second-order valence-corrected chi connectivity index (χ2v) is 6.54. The topological polar surface area (TPSA) is 70.1 Å².